The number of ether oxygens (including phenoxy) is 1. The summed E-state index contributed by atoms with van der Waals surface area (Å²) in [6.07, 6.45) is 8.70. The van der Waals surface area contributed by atoms with Crippen molar-refractivity contribution in [2.45, 2.75) is 69.3 Å². The summed E-state index contributed by atoms with van der Waals surface area (Å²) in [6.45, 7) is 2.66. The van der Waals surface area contributed by atoms with Crippen LogP contribution in [0.1, 0.15) is 64.7 Å². The van der Waals surface area contributed by atoms with Crippen molar-refractivity contribution in [3.05, 3.63) is 0 Å². The summed E-state index contributed by atoms with van der Waals surface area (Å²) in [5, 5.41) is 0. The predicted octanol–water partition coefficient (Wildman–Crippen LogP) is 4.44. The van der Waals surface area contributed by atoms with Crippen molar-refractivity contribution in [3.63, 3.8) is 0 Å². The number of Topliss-reactive ketones (excluding diaryl/α,β-unsaturated/α-hetero) is 1. The minimum absolute atomic E-state index is 0.0230. The van der Waals surface area contributed by atoms with Crippen LogP contribution in [0.25, 0.3) is 0 Å². The molecule has 0 unspecified atom stereocenters. The van der Waals surface area contributed by atoms with Crippen LogP contribution in [-0.4, -0.2) is 34.4 Å². The van der Waals surface area contributed by atoms with Gasteiger partial charge in [-0.1, -0.05) is 39.0 Å². The van der Waals surface area contributed by atoms with E-state index < -0.39 is 0 Å². The third-order valence-electron chi connectivity index (χ3n) is 3.39. The molecule has 0 saturated carbocycles. The van der Waals surface area contributed by atoms with Crippen LogP contribution in [0.3, 0.4) is 0 Å². The first-order valence-electron chi connectivity index (χ1n) is 8.13. The molecule has 1 rings (SSSR count). The topological polar surface area (TPSA) is 43.4 Å². The molecule has 3 nitrogen and oxygen atoms in total. The number of hydrogen-bond donors (Lipinski definition) is 0. The molecule has 1 fully saturated rings. The highest BCUT2D eigenvalue weighted by atomic mass is 32.2. The van der Waals surface area contributed by atoms with Gasteiger partial charge >= 0.3 is 5.97 Å². The zero-order valence-corrected chi connectivity index (χ0v) is 14.7. The minimum atomic E-state index is -0.348. The molecule has 5 heteroatoms. The number of esters is 1. The molecule has 0 aromatic rings. The molecule has 0 spiro atoms. The van der Waals surface area contributed by atoms with E-state index in [2.05, 4.69) is 6.92 Å². The van der Waals surface area contributed by atoms with Gasteiger partial charge in [0, 0.05) is 6.42 Å². The molecule has 1 saturated heterocycles. The van der Waals surface area contributed by atoms with Gasteiger partial charge in [0.2, 0.25) is 0 Å². The van der Waals surface area contributed by atoms with E-state index >= 15 is 0 Å². The van der Waals surface area contributed by atoms with E-state index in [1.807, 2.05) is 23.5 Å². The van der Waals surface area contributed by atoms with E-state index in [-0.39, 0.29) is 18.2 Å². The van der Waals surface area contributed by atoms with Gasteiger partial charge in [-0.05, 0) is 24.3 Å². The first-order chi connectivity index (χ1) is 10.2. The second-order valence-electron chi connectivity index (χ2n) is 5.43. The van der Waals surface area contributed by atoms with Crippen molar-refractivity contribution >= 4 is 35.3 Å². The number of rotatable bonds is 11. The average Bonchev–Trinajstić information content (AvgIpc) is 2.47. The van der Waals surface area contributed by atoms with Crippen LogP contribution in [0.2, 0.25) is 0 Å². The second kappa shape index (κ2) is 12.4. The molecule has 1 aliphatic rings. The first kappa shape index (κ1) is 18.9. The fourth-order valence-corrected chi connectivity index (χ4v) is 5.09. The molecule has 1 heterocycles. The van der Waals surface area contributed by atoms with Gasteiger partial charge in [0.25, 0.3) is 0 Å². The standard InChI is InChI=1S/C16H28O3S2/c1-2-3-4-5-6-7-9-19-15(18)12-14(17)13-16-20-10-8-11-21-16/h16H,2-13H2,1H3. The van der Waals surface area contributed by atoms with E-state index in [1.165, 1.54) is 32.1 Å². The van der Waals surface area contributed by atoms with Crippen LogP contribution in [-0.2, 0) is 14.3 Å². The molecule has 0 bridgehead atoms. The molecule has 0 aromatic heterocycles. The van der Waals surface area contributed by atoms with Crippen LogP contribution < -0.4 is 0 Å². The maximum Gasteiger partial charge on any atom is 0.313 e. The van der Waals surface area contributed by atoms with Crippen LogP contribution >= 0.6 is 23.5 Å². The summed E-state index contributed by atoms with van der Waals surface area (Å²) >= 11 is 3.68. The van der Waals surface area contributed by atoms with Gasteiger partial charge in [-0.3, -0.25) is 9.59 Å². The lowest BCUT2D eigenvalue weighted by molar-refractivity contribution is -0.146. The number of ketones is 1. The highest BCUT2D eigenvalue weighted by Crippen LogP contribution is 2.33. The van der Waals surface area contributed by atoms with Gasteiger partial charge in [-0.25, -0.2) is 0 Å². The van der Waals surface area contributed by atoms with E-state index in [9.17, 15) is 9.59 Å². The van der Waals surface area contributed by atoms with Gasteiger partial charge in [0.1, 0.15) is 12.2 Å². The summed E-state index contributed by atoms with van der Waals surface area (Å²) in [6, 6.07) is 0. The Morgan fingerprint density at radius 2 is 1.71 bits per heavy atom. The SMILES string of the molecule is CCCCCCCCOC(=O)CC(=O)CC1SCCCS1. The molecule has 1 aliphatic heterocycles. The Morgan fingerprint density at radius 3 is 2.43 bits per heavy atom. The molecule has 0 aromatic carbocycles. The summed E-state index contributed by atoms with van der Waals surface area (Å²) in [4.78, 5) is 23.4. The van der Waals surface area contributed by atoms with E-state index in [0.717, 1.165) is 24.3 Å². The highest BCUT2D eigenvalue weighted by Gasteiger charge is 2.20. The monoisotopic (exact) mass is 332 g/mol. The first-order valence-corrected chi connectivity index (χ1v) is 10.2. The molecular weight excluding hydrogens is 304 g/mol. The lowest BCUT2D eigenvalue weighted by Crippen LogP contribution is -2.17. The van der Waals surface area contributed by atoms with Gasteiger partial charge in [-0.15, -0.1) is 23.5 Å². The van der Waals surface area contributed by atoms with E-state index in [4.69, 9.17) is 4.74 Å². The van der Waals surface area contributed by atoms with Gasteiger partial charge in [-0.2, -0.15) is 0 Å². The molecule has 0 atom stereocenters. The Bertz CT molecular complexity index is 302. The fourth-order valence-electron chi connectivity index (χ4n) is 2.19. The lowest BCUT2D eigenvalue weighted by atomic mass is 10.1. The molecular formula is C16H28O3S2. The second-order valence-corrected chi connectivity index (χ2v) is 8.35. The van der Waals surface area contributed by atoms with Gasteiger partial charge < -0.3 is 4.74 Å². The lowest BCUT2D eigenvalue weighted by Gasteiger charge is -2.19. The van der Waals surface area contributed by atoms with Crippen LogP contribution in [0.15, 0.2) is 0 Å². The number of thioether (sulfide) groups is 2. The van der Waals surface area contributed by atoms with Crippen LogP contribution in [0, 0.1) is 0 Å². The number of carbonyl (C=O) groups excluding carboxylic acids is 2. The largest absolute Gasteiger partial charge is 0.465 e. The van der Waals surface area contributed by atoms with Gasteiger partial charge in [0.15, 0.2) is 0 Å². The average molecular weight is 333 g/mol. The Morgan fingerprint density at radius 1 is 1.05 bits per heavy atom. The number of hydrogen-bond acceptors (Lipinski definition) is 5. The molecule has 0 N–H and O–H groups in total. The third-order valence-corrected chi connectivity index (χ3v) is 6.34. The fraction of sp³-hybridized carbons (Fsp3) is 0.875. The maximum absolute atomic E-state index is 11.8. The maximum atomic E-state index is 11.8. The van der Waals surface area contributed by atoms with Crippen molar-refractivity contribution in [2.75, 3.05) is 18.1 Å². The normalized spacial score (nSPS) is 15.9. The Hall–Kier alpha value is -0.160. The summed E-state index contributed by atoms with van der Waals surface area (Å²) in [5.74, 6) is 1.94. The Labute approximate surface area is 137 Å². The zero-order valence-electron chi connectivity index (χ0n) is 13.1. The molecule has 0 radical (unpaired) electrons. The predicted molar refractivity (Wildman–Crippen MR) is 91.9 cm³/mol. The summed E-state index contributed by atoms with van der Waals surface area (Å²) in [7, 11) is 0. The number of carbonyl (C=O) groups is 2. The number of unbranched alkanes of at least 4 members (excludes halogenated alkanes) is 5. The van der Waals surface area contributed by atoms with Crippen LogP contribution in [0.5, 0.6) is 0 Å². The van der Waals surface area contributed by atoms with Crippen molar-refractivity contribution in [2.24, 2.45) is 0 Å². The molecule has 0 aliphatic carbocycles. The van der Waals surface area contributed by atoms with E-state index in [1.54, 1.807) is 0 Å². The summed E-state index contributed by atoms with van der Waals surface area (Å²) < 4.78 is 5.48. The van der Waals surface area contributed by atoms with Gasteiger partial charge in [0.05, 0.1) is 11.2 Å². The van der Waals surface area contributed by atoms with E-state index in [0.29, 0.717) is 17.6 Å². The quantitative estimate of drug-likeness (QED) is 0.318. The van der Waals surface area contributed by atoms with Crippen molar-refractivity contribution in [1.29, 1.82) is 0 Å². The van der Waals surface area contributed by atoms with Crippen molar-refractivity contribution in [3.8, 4) is 0 Å². The smallest absolute Gasteiger partial charge is 0.313 e. The highest BCUT2D eigenvalue weighted by molar-refractivity contribution is 8.17. The van der Waals surface area contributed by atoms with Crippen molar-refractivity contribution < 1.29 is 14.3 Å². The third kappa shape index (κ3) is 10.2. The molecule has 0 amide bonds. The zero-order chi connectivity index (χ0) is 15.3. The van der Waals surface area contributed by atoms with Crippen molar-refractivity contribution in [1.82, 2.24) is 0 Å². The minimum Gasteiger partial charge on any atom is -0.465 e. The molecule has 21 heavy (non-hydrogen) atoms. The van der Waals surface area contributed by atoms with Crippen LogP contribution in [0.4, 0.5) is 0 Å². The Kier molecular flexibility index (Phi) is 11.1. The Balaban J connectivity index is 1.98. The summed E-state index contributed by atoms with van der Waals surface area (Å²) in [5.41, 5.74) is 0. The molecule has 122 valence electrons.